The molecule has 0 amide bonds. The Balaban J connectivity index is 1.34. The van der Waals surface area contributed by atoms with Gasteiger partial charge in [0.1, 0.15) is 0 Å². The Bertz CT molecular complexity index is 2240. The lowest BCUT2D eigenvalue weighted by atomic mass is 9.98. The van der Waals surface area contributed by atoms with Crippen LogP contribution < -0.4 is 20.0 Å². The highest BCUT2D eigenvalue weighted by molar-refractivity contribution is 6.03. The summed E-state index contributed by atoms with van der Waals surface area (Å²) < 4.78 is 49.2. The number of alkyl halides is 2. The molecular weight excluding hydrogens is 642 g/mol. The largest absolute Gasteiger partial charge is 0.493 e. The number of benzene rings is 4. The molecule has 0 atom stereocenters. The van der Waals surface area contributed by atoms with Crippen LogP contribution in [-0.2, 0) is 11.3 Å². The molecule has 248 valence electrons. The van der Waals surface area contributed by atoms with Crippen LogP contribution in [0.1, 0.15) is 21.5 Å². The van der Waals surface area contributed by atoms with Crippen molar-refractivity contribution in [1.29, 1.82) is 0 Å². The van der Waals surface area contributed by atoms with Gasteiger partial charge in [0.25, 0.3) is 12.4 Å². The molecule has 0 bridgehead atoms. The molecule has 0 aliphatic carbocycles. The maximum atomic E-state index is 13.6. The first-order chi connectivity index (χ1) is 23.7. The predicted octanol–water partition coefficient (Wildman–Crippen LogP) is 6.06. The fourth-order valence-corrected chi connectivity index (χ4v) is 5.18. The van der Waals surface area contributed by atoms with Crippen LogP contribution in [0.5, 0.6) is 17.5 Å². The van der Waals surface area contributed by atoms with E-state index in [4.69, 9.17) is 23.8 Å². The Morgan fingerprint density at radius 3 is 2.45 bits per heavy atom. The van der Waals surface area contributed by atoms with Gasteiger partial charge in [-0.3, -0.25) is 4.57 Å². The molecule has 0 radical (unpaired) electrons. The van der Waals surface area contributed by atoms with Crippen molar-refractivity contribution in [2.75, 3.05) is 13.7 Å². The topological polar surface area (TPSA) is 159 Å². The molecule has 6 rings (SSSR count). The van der Waals surface area contributed by atoms with E-state index in [1.807, 2.05) is 36.4 Å². The summed E-state index contributed by atoms with van der Waals surface area (Å²) in [5, 5.41) is 11.4. The van der Waals surface area contributed by atoms with E-state index in [9.17, 15) is 23.2 Å². The quantitative estimate of drug-likeness (QED) is 0.0891. The second-order valence-corrected chi connectivity index (χ2v) is 10.5. The molecule has 0 spiro atoms. The minimum atomic E-state index is -2.77. The number of H-pyrrole nitrogens is 1. The summed E-state index contributed by atoms with van der Waals surface area (Å²) >= 11 is 0. The smallest absolute Gasteiger partial charge is 0.460 e. The number of hydrogen-bond acceptors (Lipinski definition) is 9. The summed E-state index contributed by atoms with van der Waals surface area (Å²) in [5.74, 6) is -2.13. The van der Waals surface area contributed by atoms with Crippen LogP contribution in [-0.4, -0.2) is 56.9 Å². The zero-order chi connectivity index (χ0) is 34.5. The van der Waals surface area contributed by atoms with Gasteiger partial charge in [0, 0.05) is 11.6 Å². The molecule has 2 N–H and O–H groups in total. The van der Waals surface area contributed by atoms with E-state index in [2.05, 4.69) is 15.1 Å². The number of halogens is 2. The van der Waals surface area contributed by atoms with E-state index in [-0.39, 0.29) is 35.4 Å². The second kappa shape index (κ2) is 14.0. The van der Waals surface area contributed by atoms with Crippen molar-refractivity contribution in [3.8, 4) is 40.0 Å². The SMILES string of the molecule is COc1cc(C=CC(=O)O)ccc1OC(=O)c1cccc2nc(OCC(F)F)n(Cc3ccc(-c4ccccc4-c4nc(=O)o[nH]4)cc3)c12. The standard InChI is InChI=1S/C35H26F2N4O8/c1-46-28-17-20(12-16-30(42)43)11-15-27(28)48-33(44)25-7-4-8-26-31(25)41(34(38-26)47-19-29(36)37)18-21-9-13-22(14-10-21)23-5-2-3-6-24(23)32-39-35(45)49-40-32/h2-17,29H,18-19H2,1H3,(H,42,43)(H,39,40,45). The zero-order valence-corrected chi connectivity index (χ0v) is 25.6. The normalized spacial score (nSPS) is 11.3. The number of rotatable bonds is 12. The van der Waals surface area contributed by atoms with Gasteiger partial charge in [-0.25, -0.2) is 23.2 Å². The first kappa shape index (κ1) is 32.4. The molecule has 0 fully saturated rings. The molecule has 0 saturated carbocycles. The number of nitrogens with zero attached hydrogens (tertiary/aromatic N) is 3. The number of esters is 1. The number of carbonyl (C=O) groups excluding carboxylic acids is 1. The minimum Gasteiger partial charge on any atom is -0.493 e. The molecule has 12 nitrogen and oxygen atoms in total. The summed E-state index contributed by atoms with van der Waals surface area (Å²) in [6.45, 7) is -0.825. The van der Waals surface area contributed by atoms with Gasteiger partial charge in [-0.05, 0) is 52.6 Å². The number of carboxylic acids is 1. The van der Waals surface area contributed by atoms with Crippen molar-refractivity contribution in [3.05, 3.63) is 118 Å². The van der Waals surface area contributed by atoms with Gasteiger partial charge in [-0.2, -0.15) is 15.1 Å². The second-order valence-electron chi connectivity index (χ2n) is 10.5. The van der Waals surface area contributed by atoms with Crippen LogP contribution in [0.25, 0.3) is 39.6 Å². The van der Waals surface area contributed by atoms with Crippen molar-refractivity contribution in [3.63, 3.8) is 0 Å². The number of fused-ring (bicyclic) bond motifs is 1. The lowest BCUT2D eigenvalue weighted by Gasteiger charge is -2.14. The maximum absolute atomic E-state index is 13.6. The Morgan fingerprint density at radius 1 is 0.980 bits per heavy atom. The Morgan fingerprint density at radius 2 is 1.76 bits per heavy atom. The molecule has 14 heteroatoms. The van der Waals surface area contributed by atoms with E-state index in [0.29, 0.717) is 22.2 Å². The third-order valence-corrected chi connectivity index (χ3v) is 7.32. The number of aliphatic carboxylic acids is 1. The number of imidazole rings is 1. The number of ether oxygens (including phenoxy) is 3. The third-order valence-electron chi connectivity index (χ3n) is 7.32. The third kappa shape index (κ3) is 7.22. The Hall–Kier alpha value is -6.57. The predicted molar refractivity (Wildman–Crippen MR) is 173 cm³/mol. The summed E-state index contributed by atoms with van der Waals surface area (Å²) in [6, 6.07) is 23.8. The van der Waals surface area contributed by atoms with Crippen LogP contribution in [0.4, 0.5) is 8.78 Å². The highest BCUT2D eigenvalue weighted by Crippen LogP contribution is 2.33. The van der Waals surface area contributed by atoms with Gasteiger partial charge >= 0.3 is 17.7 Å². The average Bonchev–Trinajstić information content (AvgIpc) is 3.70. The van der Waals surface area contributed by atoms with E-state index >= 15 is 0 Å². The van der Waals surface area contributed by atoms with Crippen LogP contribution in [0.15, 0.2) is 100 Å². The van der Waals surface area contributed by atoms with E-state index in [0.717, 1.165) is 22.8 Å². The zero-order valence-electron chi connectivity index (χ0n) is 25.6. The highest BCUT2D eigenvalue weighted by atomic mass is 19.3. The minimum absolute atomic E-state index is 0.0720. The molecule has 6 aromatic rings. The van der Waals surface area contributed by atoms with Crippen LogP contribution in [0, 0.1) is 0 Å². The summed E-state index contributed by atoms with van der Waals surface area (Å²) in [7, 11) is 1.37. The van der Waals surface area contributed by atoms with Crippen molar-refractivity contribution < 1.29 is 42.2 Å². The summed E-state index contributed by atoms with van der Waals surface area (Å²) in [6.07, 6.45) is -0.442. The number of carboxylic acid groups (broad SMARTS) is 1. The molecule has 0 saturated heterocycles. The lowest BCUT2D eigenvalue weighted by molar-refractivity contribution is -0.131. The number of aromatic amines is 1. The molecule has 49 heavy (non-hydrogen) atoms. The van der Waals surface area contributed by atoms with E-state index in [1.54, 1.807) is 30.3 Å². The molecule has 4 aromatic carbocycles. The fourth-order valence-electron chi connectivity index (χ4n) is 5.18. The molecule has 2 heterocycles. The van der Waals surface area contributed by atoms with Crippen molar-refractivity contribution in [1.82, 2.24) is 19.7 Å². The van der Waals surface area contributed by atoms with E-state index in [1.165, 1.54) is 36.0 Å². The monoisotopic (exact) mass is 668 g/mol. The van der Waals surface area contributed by atoms with Gasteiger partial charge in [-0.15, -0.1) is 0 Å². The first-order valence-electron chi connectivity index (χ1n) is 14.7. The molecule has 0 aliphatic heterocycles. The van der Waals surface area contributed by atoms with Crippen molar-refractivity contribution in [2.24, 2.45) is 0 Å². The number of nitrogens with one attached hydrogen (secondary N) is 1. The fraction of sp³-hybridized carbons (Fsp3) is 0.114. The average molecular weight is 669 g/mol. The number of carbonyl (C=O) groups is 2. The van der Waals surface area contributed by atoms with Crippen LogP contribution in [0.3, 0.4) is 0 Å². The maximum Gasteiger partial charge on any atom is 0.460 e. The van der Waals surface area contributed by atoms with Crippen LogP contribution in [0.2, 0.25) is 0 Å². The summed E-state index contributed by atoms with van der Waals surface area (Å²) in [4.78, 5) is 44.3. The molecule has 2 aromatic heterocycles. The van der Waals surface area contributed by atoms with E-state index < -0.39 is 30.7 Å². The number of methoxy groups -OCH3 is 1. The molecular formula is C35H26F2N4O8. The van der Waals surface area contributed by atoms with Gasteiger partial charge in [0.15, 0.2) is 23.9 Å². The Labute approximate surface area is 275 Å². The number of hydrogen-bond donors (Lipinski definition) is 2. The number of aromatic nitrogens is 4. The van der Waals surface area contributed by atoms with Gasteiger partial charge < -0.3 is 23.8 Å². The van der Waals surface area contributed by atoms with Gasteiger partial charge in [0.2, 0.25) is 0 Å². The Kier molecular flexibility index (Phi) is 9.28. The van der Waals surface area contributed by atoms with Crippen LogP contribution >= 0.6 is 0 Å². The molecule has 0 aliphatic rings. The van der Waals surface area contributed by atoms with Crippen molar-refractivity contribution >= 4 is 29.0 Å². The summed E-state index contributed by atoms with van der Waals surface area (Å²) in [5.41, 5.74) is 4.15. The van der Waals surface area contributed by atoms with Gasteiger partial charge in [0.05, 0.1) is 30.3 Å². The first-order valence-corrected chi connectivity index (χ1v) is 14.7. The molecule has 0 unspecified atom stereocenters. The van der Waals surface area contributed by atoms with Crippen molar-refractivity contribution in [2.45, 2.75) is 13.0 Å². The highest BCUT2D eigenvalue weighted by Gasteiger charge is 2.23. The number of para-hydroxylation sites is 1. The van der Waals surface area contributed by atoms with Gasteiger partial charge in [-0.1, -0.05) is 60.7 Å². The lowest BCUT2D eigenvalue weighted by Crippen LogP contribution is -2.14.